The first-order valence-corrected chi connectivity index (χ1v) is 7.22. The third-order valence-corrected chi connectivity index (χ3v) is 3.53. The summed E-state index contributed by atoms with van der Waals surface area (Å²) >= 11 is 0. The van der Waals surface area contributed by atoms with Crippen LogP contribution in [0, 0.1) is 0 Å². The van der Waals surface area contributed by atoms with E-state index in [0.29, 0.717) is 0 Å². The Hall–Kier alpha value is -1.50. The Morgan fingerprint density at radius 2 is 1.60 bits per heavy atom. The number of aromatic nitrogens is 1. The fraction of sp³-hybridized carbons (Fsp3) is 0.474. The molecule has 0 atom stereocenters. The highest BCUT2D eigenvalue weighted by Gasteiger charge is 2.31. The van der Waals surface area contributed by atoms with Gasteiger partial charge in [-0.1, -0.05) is 66.9 Å². The van der Waals surface area contributed by atoms with Crippen LogP contribution in [0.2, 0.25) is 0 Å². The van der Waals surface area contributed by atoms with E-state index in [9.17, 15) is 0 Å². The smallest absolute Gasteiger partial charge is 0.0519 e. The van der Waals surface area contributed by atoms with Crippen LogP contribution in [0.15, 0.2) is 31.5 Å². The van der Waals surface area contributed by atoms with Gasteiger partial charge in [0.2, 0.25) is 0 Å². The zero-order valence-corrected chi connectivity index (χ0v) is 14.2. The molecule has 0 aliphatic carbocycles. The van der Waals surface area contributed by atoms with Crippen molar-refractivity contribution in [2.75, 3.05) is 0 Å². The summed E-state index contributed by atoms with van der Waals surface area (Å²) in [5.74, 6) is 0. The van der Waals surface area contributed by atoms with Crippen molar-refractivity contribution in [3.63, 3.8) is 0 Å². The van der Waals surface area contributed by atoms with Gasteiger partial charge < -0.3 is 4.57 Å². The van der Waals surface area contributed by atoms with Crippen LogP contribution in [0.1, 0.15) is 65.3 Å². The van der Waals surface area contributed by atoms with Gasteiger partial charge in [0, 0.05) is 12.4 Å². The Kier molecular flexibility index (Phi) is 4.53. The van der Waals surface area contributed by atoms with Crippen molar-refractivity contribution in [3.05, 3.63) is 48.3 Å². The summed E-state index contributed by atoms with van der Waals surface area (Å²) in [4.78, 5) is 0. The molecule has 1 nitrogen and oxygen atoms in total. The molecule has 1 aromatic rings. The predicted molar refractivity (Wildman–Crippen MR) is 92.1 cm³/mol. The summed E-state index contributed by atoms with van der Waals surface area (Å²) in [5.41, 5.74) is 5.46. The first-order chi connectivity index (χ1) is 9.04. The molecule has 1 heterocycles. The molecule has 1 rings (SSSR count). The standard InChI is InChI=1S/C19H29N/c1-10-12-14(3)17-16(19(7,8)9)15(18(4,5)6)13-20(17)11-2/h10-13H,1-2H2,3-9H3/b14-12-. The number of hydrogen-bond donors (Lipinski definition) is 0. The first kappa shape index (κ1) is 16.6. The summed E-state index contributed by atoms with van der Waals surface area (Å²) in [7, 11) is 0. The maximum atomic E-state index is 3.96. The topological polar surface area (TPSA) is 4.93 Å². The highest BCUT2D eigenvalue weighted by atomic mass is 15.0. The Morgan fingerprint density at radius 1 is 1.05 bits per heavy atom. The lowest BCUT2D eigenvalue weighted by atomic mass is 9.76. The number of allylic oxidation sites excluding steroid dienone is 3. The van der Waals surface area contributed by atoms with E-state index >= 15 is 0 Å². The van der Waals surface area contributed by atoms with Crippen molar-refractivity contribution >= 4 is 11.8 Å². The van der Waals surface area contributed by atoms with Crippen LogP contribution < -0.4 is 0 Å². The second kappa shape index (κ2) is 5.47. The molecule has 0 aromatic carbocycles. The van der Waals surface area contributed by atoms with Gasteiger partial charge in [0.15, 0.2) is 0 Å². The van der Waals surface area contributed by atoms with Gasteiger partial charge in [-0.2, -0.15) is 0 Å². The van der Waals surface area contributed by atoms with Gasteiger partial charge in [-0.15, -0.1) is 0 Å². The van der Waals surface area contributed by atoms with E-state index in [4.69, 9.17) is 0 Å². The minimum atomic E-state index is 0.0858. The number of hydrogen-bond acceptors (Lipinski definition) is 0. The molecule has 20 heavy (non-hydrogen) atoms. The third-order valence-electron chi connectivity index (χ3n) is 3.53. The summed E-state index contributed by atoms with van der Waals surface area (Å²) in [6, 6.07) is 0. The largest absolute Gasteiger partial charge is 0.324 e. The van der Waals surface area contributed by atoms with Crippen LogP contribution in [0.4, 0.5) is 0 Å². The Labute approximate surface area is 124 Å². The Bertz CT molecular complexity index is 540. The number of nitrogens with zero attached hydrogens (tertiary/aromatic N) is 1. The summed E-state index contributed by atoms with van der Waals surface area (Å²) < 4.78 is 2.15. The number of rotatable bonds is 3. The highest BCUT2D eigenvalue weighted by Crippen LogP contribution is 2.40. The molecule has 0 saturated carbocycles. The second-order valence-corrected chi connectivity index (χ2v) is 7.44. The minimum Gasteiger partial charge on any atom is -0.324 e. The van der Waals surface area contributed by atoms with Crippen LogP contribution in [0.5, 0.6) is 0 Å². The third kappa shape index (κ3) is 3.15. The minimum absolute atomic E-state index is 0.0858. The molecular formula is C19H29N. The van der Waals surface area contributed by atoms with E-state index in [-0.39, 0.29) is 10.8 Å². The van der Waals surface area contributed by atoms with Crippen molar-refractivity contribution in [3.8, 4) is 0 Å². The van der Waals surface area contributed by atoms with Crippen molar-refractivity contribution in [1.29, 1.82) is 0 Å². The zero-order valence-electron chi connectivity index (χ0n) is 14.2. The molecule has 0 saturated heterocycles. The van der Waals surface area contributed by atoms with Gasteiger partial charge in [-0.3, -0.25) is 0 Å². The monoisotopic (exact) mass is 271 g/mol. The molecule has 1 heteroatoms. The van der Waals surface area contributed by atoms with Crippen LogP contribution in [-0.2, 0) is 10.8 Å². The van der Waals surface area contributed by atoms with E-state index in [1.165, 1.54) is 22.4 Å². The van der Waals surface area contributed by atoms with Gasteiger partial charge in [-0.25, -0.2) is 0 Å². The molecule has 0 amide bonds. The lowest BCUT2D eigenvalue weighted by molar-refractivity contribution is 0.533. The van der Waals surface area contributed by atoms with Crippen molar-refractivity contribution in [2.45, 2.75) is 59.3 Å². The average Bonchev–Trinajstić information content (AvgIpc) is 2.67. The van der Waals surface area contributed by atoms with Gasteiger partial charge in [0.05, 0.1) is 5.69 Å². The zero-order chi connectivity index (χ0) is 15.7. The van der Waals surface area contributed by atoms with E-state index in [2.05, 4.69) is 78.5 Å². The predicted octanol–water partition coefficient (Wildman–Crippen LogP) is 5.77. The van der Waals surface area contributed by atoms with Crippen molar-refractivity contribution in [1.82, 2.24) is 4.57 Å². The second-order valence-electron chi connectivity index (χ2n) is 7.44. The molecule has 0 unspecified atom stereocenters. The van der Waals surface area contributed by atoms with Gasteiger partial charge >= 0.3 is 0 Å². The SMILES string of the molecule is C=C/C=C(/C)c1c(C(C)(C)C)c(C(C)(C)C)cn1C=C. The van der Waals surface area contributed by atoms with E-state index in [1.54, 1.807) is 0 Å². The van der Waals surface area contributed by atoms with Crippen LogP contribution in [-0.4, -0.2) is 4.57 Å². The summed E-state index contributed by atoms with van der Waals surface area (Å²) in [6.45, 7) is 23.5. The molecule has 0 bridgehead atoms. The first-order valence-electron chi connectivity index (χ1n) is 7.22. The van der Waals surface area contributed by atoms with E-state index in [1.807, 2.05) is 12.3 Å². The van der Waals surface area contributed by atoms with Crippen LogP contribution >= 0.6 is 0 Å². The molecular weight excluding hydrogens is 242 g/mol. The molecule has 0 fully saturated rings. The fourth-order valence-electron chi connectivity index (χ4n) is 2.65. The molecule has 1 aromatic heterocycles. The molecule has 0 spiro atoms. The maximum Gasteiger partial charge on any atom is 0.0519 e. The molecule has 110 valence electrons. The lowest BCUT2D eigenvalue weighted by Gasteiger charge is -2.28. The van der Waals surface area contributed by atoms with Gasteiger partial charge in [0.25, 0.3) is 0 Å². The quantitative estimate of drug-likeness (QED) is 0.615. The molecule has 0 radical (unpaired) electrons. The van der Waals surface area contributed by atoms with E-state index in [0.717, 1.165) is 0 Å². The van der Waals surface area contributed by atoms with Crippen molar-refractivity contribution < 1.29 is 0 Å². The van der Waals surface area contributed by atoms with Crippen molar-refractivity contribution in [2.24, 2.45) is 0 Å². The van der Waals surface area contributed by atoms with Gasteiger partial charge in [-0.05, 0) is 34.5 Å². The van der Waals surface area contributed by atoms with E-state index < -0.39 is 0 Å². The van der Waals surface area contributed by atoms with Gasteiger partial charge in [0.1, 0.15) is 0 Å². The normalized spacial score (nSPS) is 13.4. The Morgan fingerprint density at radius 3 is 1.95 bits per heavy atom. The highest BCUT2D eigenvalue weighted by molar-refractivity contribution is 5.70. The Balaban J connectivity index is 3.81. The fourth-order valence-corrected chi connectivity index (χ4v) is 2.65. The lowest BCUT2D eigenvalue weighted by Crippen LogP contribution is -2.21. The molecule has 0 N–H and O–H groups in total. The van der Waals surface area contributed by atoms with Crippen LogP contribution in [0.25, 0.3) is 11.8 Å². The summed E-state index contributed by atoms with van der Waals surface area (Å²) in [6.07, 6.45) is 8.03. The molecule has 0 aliphatic heterocycles. The van der Waals surface area contributed by atoms with Crippen LogP contribution in [0.3, 0.4) is 0 Å². The maximum absolute atomic E-state index is 3.96. The molecule has 0 aliphatic rings. The summed E-state index contributed by atoms with van der Waals surface area (Å²) in [5, 5.41) is 0. The average molecular weight is 271 g/mol.